The molecule has 0 aliphatic rings. The van der Waals surface area contributed by atoms with E-state index in [9.17, 15) is 14.7 Å². The average molecular weight is 272 g/mol. The molecular formula is C12H14ClNO4. The Labute approximate surface area is 109 Å². The molecule has 0 radical (unpaired) electrons. The molecule has 0 saturated heterocycles. The number of rotatable bonds is 5. The number of hydrogen-bond donors (Lipinski definition) is 2. The molecule has 0 aromatic heterocycles. The zero-order chi connectivity index (χ0) is 13.7. The van der Waals surface area contributed by atoms with E-state index in [1.54, 1.807) is 13.0 Å². The van der Waals surface area contributed by atoms with Crippen LogP contribution >= 0.6 is 11.6 Å². The van der Waals surface area contributed by atoms with Crippen molar-refractivity contribution in [1.82, 2.24) is 0 Å². The Bertz CT molecular complexity index is 461. The average Bonchev–Trinajstić information content (AvgIpc) is 2.30. The first-order chi connectivity index (χ1) is 8.43. The van der Waals surface area contributed by atoms with Crippen LogP contribution in [0.4, 0.5) is 0 Å². The number of primary amides is 1. The number of ether oxygens (including phenoxy) is 1. The van der Waals surface area contributed by atoms with Gasteiger partial charge in [0.25, 0.3) is 5.91 Å². The molecule has 3 N–H and O–H groups in total. The van der Waals surface area contributed by atoms with E-state index < -0.39 is 18.0 Å². The number of amides is 1. The van der Waals surface area contributed by atoms with Crippen LogP contribution in [0.3, 0.4) is 0 Å². The lowest BCUT2D eigenvalue weighted by atomic mass is 10.1. The third-order valence-electron chi connectivity index (χ3n) is 2.32. The first-order valence-corrected chi connectivity index (χ1v) is 5.78. The van der Waals surface area contributed by atoms with Crippen molar-refractivity contribution in [3.8, 4) is 5.75 Å². The number of phenols is 1. The number of halogens is 1. The van der Waals surface area contributed by atoms with Gasteiger partial charge in [-0.15, -0.1) is 0 Å². The predicted molar refractivity (Wildman–Crippen MR) is 66.2 cm³/mol. The molecule has 1 aromatic carbocycles. The molecule has 0 bridgehead atoms. The number of phenolic OH excluding ortho intramolecular Hbond substituents is 1. The highest BCUT2D eigenvalue weighted by Crippen LogP contribution is 2.23. The van der Waals surface area contributed by atoms with Crippen LogP contribution in [0.15, 0.2) is 18.2 Å². The summed E-state index contributed by atoms with van der Waals surface area (Å²) in [7, 11) is 0. The summed E-state index contributed by atoms with van der Waals surface area (Å²) in [6.45, 7) is 1.69. The van der Waals surface area contributed by atoms with Crippen LogP contribution in [0, 0.1) is 0 Å². The van der Waals surface area contributed by atoms with Crippen molar-refractivity contribution in [2.45, 2.75) is 25.9 Å². The summed E-state index contributed by atoms with van der Waals surface area (Å²) in [5.41, 5.74) is 5.65. The zero-order valence-electron chi connectivity index (χ0n) is 9.85. The molecular weight excluding hydrogens is 258 g/mol. The van der Waals surface area contributed by atoms with Gasteiger partial charge in [0.15, 0.2) is 6.10 Å². The van der Waals surface area contributed by atoms with Gasteiger partial charge in [-0.25, -0.2) is 0 Å². The number of benzene rings is 1. The smallest absolute Gasteiger partial charge is 0.311 e. The highest BCUT2D eigenvalue weighted by molar-refractivity contribution is 6.32. The largest absolute Gasteiger partial charge is 0.506 e. The Hall–Kier alpha value is -1.75. The minimum atomic E-state index is -0.912. The van der Waals surface area contributed by atoms with E-state index in [0.717, 1.165) is 0 Å². The van der Waals surface area contributed by atoms with Gasteiger partial charge < -0.3 is 15.6 Å². The Kier molecular flexibility index (Phi) is 4.97. The monoisotopic (exact) mass is 271 g/mol. The van der Waals surface area contributed by atoms with E-state index in [-0.39, 0.29) is 17.2 Å². The normalized spacial score (nSPS) is 11.9. The lowest BCUT2D eigenvalue weighted by Gasteiger charge is -2.12. The highest BCUT2D eigenvalue weighted by Gasteiger charge is 2.18. The van der Waals surface area contributed by atoms with Crippen LogP contribution in [0.5, 0.6) is 5.75 Å². The van der Waals surface area contributed by atoms with E-state index in [2.05, 4.69) is 0 Å². The van der Waals surface area contributed by atoms with Crippen LogP contribution in [-0.2, 0) is 20.7 Å². The summed E-state index contributed by atoms with van der Waals surface area (Å²) in [5, 5.41) is 9.38. The van der Waals surface area contributed by atoms with Gasteiger partial charge in [0.05, 0.1) is 11.4 Å². The van der Waals surface area contributed by atoms with E-state index in [4.69, 9.17) is 22.1 Å². The number of carbonyl (C=O) groups is 2. The minimum absolute atomic E-state index is 0.0379. The number of carbonyl (C=O) groups excluding carboxylic acids is 2. The summed E-state index contributed by atoms with van der Waals surface area (Å²) in [5.74, 6) is -1.30. The maximum atomic E-state index is 11.5. The highest BCUT2D eigenvalue weighted by atomic mass is 35.5. The third kappa shape index (κ3) is 3.92. The van der Waals surface area contributed by atoms with E-state index in [0.29, 0.717) is 12.0 Å². The maximum absolute atomic E-state index is 11.5. The van der Waals surface area contributed by atoms with Gasteiger partial charge in [0, 0.05) is 0 Å². The minimum Gasteiger partial charge on any atom is -0.506 e. The second-order valence-corrected chi connectivity index (χ2v) is 4.16. The van der Waals surface area contributed by atoms with Gasteiger partial charge in [-0.05, 0) is 24.1 Å². The Morgan fingerprint density at radius 1 is 1.50 bits per heavy atom. The van der Waals surface area contributed by atoms with Crippen molar-refractivity contribution in [2.24, 2.45) is 5.73 Å². The fourth-order valence-corrected chi connectivity index (χ4v) is 1.57. The summed E-state index contributed by atoms with van der Waals surface area (Å²) < 4.78 is 4.92. The van der Waals surface area contributed by atoms with Crippen LogP contribution in [0.1, 0.15) is 18.9 Å². The van der Waals surface area contributed by atoms with Crippen molar-refractivity contribution >= 4 is 23.5 Å². The fraction of sp³-hybridized carbons (Fsp3) is 0.333. The second kappa shape index (κ2) is 6.26. The molecule has 18 heavy (non-hydrogen) atoms. The maximum Gasteiger partial charge on any atom is 0.311 e. The second-order valence-electron chi connectivity index (χ2n) is 3.75. The summed E-state index contributed by atoms with van der Waals surface area (Å²) in [6.07, 6.45) is -0.619. The molecule has 0 fully saturated rings. The van der Waals surface area contributed by atoms with E-state index in [1.165, 1.54) is 12.1 Å². The molecule has 1 amide bonds. The summed E-state index contributed by atoms with van der Waals surface area (Å²) in [6, 6.07) is 4.40. The van der Waals surface area contributed by atoms with Gasteiger partial charge in [-0.3, -0.25) is 9.59 Å². The molecule has 98 valence electrons. The molecule has 0 heterocycles. The van der Waals surface area contributed by atoms with Gasteiger partial charge >= 0.3 is 5.97 Å². The fourth-order valence-electron chi connectivity index (χ4n) is 1.37. The Morgan fingerprint density at radius 3 is 2.67 bits per heavy atom. The lowest BCUT2D eigenvalue weighted by Crippen LogP contribution is -2.33. The number of nitrogens with two attached hydrogens (primary N) is 1. The molecule has 1 rings (SSSR count). The van der Waals surface area contributed by atoms with Gasteiger partial charge in [-0.2, -0.15) is 0 Å². The van der Waals surface area contributed by atoms with Gasteiger partial charge in [-0.1, -0.05) is 24.6 Å². The molecule has 0 aliphatic heterocycles. The molecule has 1 aromatic rings. The quantitative estimate of drug-likeness (QED) is 0.792. The first kappa shape index (κ1) is 14.3. The Morgan fingerprint density at radius 2 is 2.17 bits per heavy atom. The standard InChI is InChI=1S/C12H14ClNO4/c1-2-10(12(14)17)18-11(16)6-7-3-4-9(15)8(13)5-7/h3-5,10,15H,2,6H2,1H3,(H2,14,17). The molecule has 0 spiro atoms. The SMILES string of the molecule is CCC(OC(=O)Cc1ccc(O)c(Cl)c1)C(N)=O. The van der Waals surface area contributed by atoms with Gasteiger partial charge in [0.1, 0.15) is 5.75 Å². The number of esters is 1. The molecule has 0 saturated carbocycles. The van der Waals surface area contributed by atoms with Crippen LogP contribution in [-0.4, -0.2) is 23.1 Å². The molecule has 1 unspecified atom stereocenters. The van der Waals surface area contributed by atoms with Crippen molar-refractivity contribution in [3.63, 3.8) is 0 Å². The topological polar surface area (TPSA) is 89.6 Å². The summed E-state index contributed by atoms with van der Waals surface area (Å²) in [4.78, 5) is 22.5. The third-order valence-corrected chi connectivity index (χ3v) is 2.63. The van der Waals surface area contributed by atoms with Crippen LogP contribution < -0.4 is 5.73 Å². The molecule has 1 atom stereocenters. The van der Waals surface area contributed by atoms with Gasteiger partial charge in [0.2, 0.25) is 0 Å². The zero-order valence-corrected chi connectivity index (χ0v) is 10.6. The van der Waals surface area contributed by atoms with Crippen LogP contribution in [0.2, 0.25) is 5.02 Å². The lowest BCUT2D eigenvalue weighted by molar-refractivity contribution is -0.154. The molecule has 5 nitrogen and oxygen atoms in total. The predicted octanol–water partition coefficient (Wildman–Crippen LogP) is 1.40. The summed E-state index contributed by atoms with van der Waals surface area (Å²) >= 11 is 5.70. The van der Waals surface area contributed by atoms with E-state index >= 15 is 0 Å². The van der Waals surface area contributed by atoms with Crippen molar-refractivity contribution in [3.05, 3.63) is 28.8 Å². The van der Waals surface area contributed by atoms with Crippen molar-refractivity contribution in [2.75, 3.05) is 0 Å². The number of aromatic hydroxyl groups is 1. The first-order valence-electron chi connectivity index (χ1n) is 5.40. The van der Waals surface area contributed by atoms with Crippen LogP contribution in [0.25, 0.3) is 0 Å². The molecule has 6 heteroatoms. The number of hydrogen-bond acceptors (Lipinski definition) is 4. The van der Waals surface area contributed by atoms with E-state index in [1.807, 2.05) is 0 Å². The molecule has 0 aliphatic carbocycles. The van der Waals surface area contributed by atoms with Crippen molar-refractivity contribution in [1.29, 1.82) is 0 Å². The Balaban J connectivity index is 2.64. The van der Waals surface area contributed by atoms with Crippen molar-refractivity contribution < 1.29 is 19.4 Å².